The maximum absolute atomic E-state index is 12.1. The summed E-state index contributed by atoms with van der Waals surface area (Å²) in [4.78, 5) is 23.5. The van der Waals surface area contributed by atoms with E-state index in [1.807, 2.05) is 18.2 Å². The summed E-state index contributed by atoms with van der Waals surface area (Å²) in [6, 6.07) is 5.63. The third-order valence-electron chi connectivity index (χ3n) is 3.94. The number of rotatable bonds is 7. The molecule has 2 atom stereocenters. The van der Waals surface area contributed by atoms with E-state index in [1.54, 1.807) is 14.2 Å². The Balaban J connectivity index is 1.80. The van der Waals surface area contributed by atoms with Crippen LogP contribution in [0.5, 0.6) is 11.5 Å². The molecule has 2 rings (SSSR count). The van der Waals surface area contributed by atoms with E-state index in [1.165, 1.54) is 7.11 Å². The van der Waals surface area contributed by atoms with E-state index < -0.39 is 18.2 Å². The molecule has 1 N–H and O–H groups in total. The number of hydrogen-bond donors (Lipinski definition) is 1. The van der Waals surface area contributed by atoms with Crippen molar-refractivity contribution < 1.29 is 28.5 Å². The van der Waals surface area contributed by atoms with Crippen LogP contribution in [-0.4, -0.2) is 52.0 Å². The van der Waals surface area contributed by atoms with E-state index in [0.29, 0.717) is 37.3 Å². The van der Waals surface area contributed by atoms with Gasteiger partial charge in [-0.2, -0.15) is 0 Å². The molecule has 1 aliphatic rings. The van der Waals surface area contributed by atoms with Gasteiger partial charge in [0.2, 0.25) is 5.91 Å². The Hall–Kier alpha value is -2.28. The summed E-state index contributed by atoms with van der Waals surface area (Å²) in [5.41, 5.74) is 1.02. The first-order valence-corrected chi connectivity index (χ1v) is 7.81. The topological polar surface area (TPSA) is 83.1 Å². The molecule has 0 bridgehead atoms. The zero-order chi connectivity index (χ0) is 17.5. The molecule has 0 radical (unpaired) electrons. The van der Waals surface area contributed by atoms with Crippen LogP contribution in [0.15, 0.2) is 18.2 Å². The Morgan fingerprint density at radius 2 is 1.83 bits per heavy atom. The highest BCUT2D eigenvalue weighted by Gasteiger charge is 2.35. The van der Waals surface area contributed by atoms with Gasteiger partial charge in [-0.1, -0.05) is 6.07 Å². The minimum absolute atomic E-state index is 0.207. The highest BCUT2D eigenvalue weighted by atomic mass is 16.6. The Morgan fingerprint density at radius 1 is 1.12 bits per heavy atom. The van der Waals surface area contributed by atoms with Crippen LogP contribution >= 0.6 is 0 Å². The fraction of sp³-hybridized carbons (Fsp3) is 0.529. The average Bonchev–Trinajstić information content (AvgIpc) is 3.11. The predicted molar refractivity (Wildman–Crippen MR) is 86.2 cm³/mol. The second kappa shape index (κ2) is 8.54. The quantitative estimate of drug-likeness (QED) is 0.750. The third kappa shape index (κ3) is 4.38. The standard InChI is InChI=1S/C17H23NO6/c1-21-12-5-4-11(10-15(12)22-2)8-9-18-16(19)13-6-7-14(24-13)17(20)23-3/h4-5,10,13-14H,6-9H2,1-3H3,(H,18,19). The lowest BCUT2D eigenvalue weighted by atomic mass is 10.1. The van der Waals surface area contributed by atoms with Gasteiger partial charge in [0.15, 0.2) is 17.6 Å². The predicted octanol–water partition coefficient (Wildman–Crippen LogP) is 1.08. The monoisotopic (exact) mass is 337 g/mol. The van der Waals surface area contributed by atoms with Gasteiger partial charge in [-0.3, -0.25) is 4.79 Å². The fourth-order valence-electron chi connectivity index (χ4n) is 2.61. The first-order chi connectivity index (χ1) is 11.6. The van der Waals surface area contributed by atoms with E-state index in [0.717, 1.165) is 5.56 Å². The van der Waals surface area contributed by atoms with E-state index in [9.17, 15) is 9.59 Å². The van der Waals surface area contributed by atoms with Crippen molar-refractivity contribution in [3.05, 3.63) is 23.8 Å². The molecule has 0 aromatic heterocycles. The number of nitrogens with one attached hydrogen (secondary N) is 1. The highest BCUT2D eigenvalue weighted by Crippen LogP contribution is 2.27. The number of benzene rings is 1. The zero-order valence-corrected chi connectivity index (χ0v) is 14.2. The number of ether oxygens (including phenoxy) is 4. The van der Waals surface area contributed by atoms with E-state index >= 15 is 0 Å². The fourth-order valence-corrected chi connectivity index (χ4v) is 2.61. The van der Waals surface area contributed by atoms with Crippen molar-refractivity contribution in [2.24, 2.45) is 0 Å². The summed E-state index contributed by atoms with van der Waals surface area (Å²) >= 11 is 0. The lowest BCUT2D eigenvalue weighted by molar-refractivity contribution is -0.155. The van der Waals surface area contributed by atoms with Crippen LogP contribution in [0.3, 0.4) is 0 Å². The van der Waals surface area contributed by atoms with Gasteiger partial charge >= 0.3 is 5.97 Å². The lowest BCUT2D eigenvalue weighted by Crippen LogP contribution is -2.36. The van der Waals surface area contributed by atoms with Crippen LogP contribution in [-0.2, 0) is 25.5 Å². The summed E-state index contributed by atoms with van der Waals surface area (Å²) in [5.74, 6) is 0.678. The minimum Gasteiger partial charge on any atom is -0.493 e. The van der Waals surface area contributed by atoms with Crippen molar-refractivity contribution >= 4 is 11.9 Å². The molecule has 2 unspecified atom stereocenters. The highest BCUT2D eigenvalue weighted by molar-refractivity contribution is 5.82. The van der Waals surface area contributed by atoms with Gasteiger partial charge in [-0.15, -0.1) is 0 Å². The van der Waals surface area contributed by atoms with Crippen LogP contribution in [0.25, 0.3) is 0 Å². The summed E-state index contributed by atoms with van der Waals surface area (Å²) in [6.45, 7) is 0.469. The van der Waals surface area contributed by atoms with Gasteiger partial charge in [0.05, 0.1) is 21.3 Å². The molecule has 1 aromatic rings. The number of hydrogen-bond acceptors (Lipinski definition) is 6. The van der Waals surface area contributed by atoms with E-state index in [2.05, 4.69) is 10.1 Å². The van der Waals surface area contributed by atoms with Crippen LogP contribution in [0, 0.1) is 0 Å². The Labute approximate surface area is 141 Å². The second-order valence-electron chi connectivity index (χ2n) is 5.44. The SMILES string of the molecule is COC(=O)C1CCC(C(=O)NCCc2ccc(OC)c(OC)c2)O1. The molecule has 1 heterocycles. The molecule has 0 spiro atoms. The summed E-state index contributed by atoms with van der Waals surface area (Å²) in [7, 11) is 4.47. The first kappa shape index (κ1) is 18.1. The summed E-state index contributed by atoms with van der Waals surface area (Å²) < 4.78 is 20.5. The van der Waals surface area contributed by atoms with Gasteiger partial charge in [0.1, 0.15) is 6.10 Å². The number of methoxy groups -OCH3 is 3. The number of amides is 1. The van der Waals surface area contributed by atoms with E-state index in [-0.39, 0.29) is 5.91 Å². The van der Waals surface area contributed by atoms with Gasteiger partial charge < -0.3 is 24.3 Å². The molecular formula is C17H23NO6. The van der Waals surface area contributed by atoms with Crippen LogP contribution in [0.2, 0.25) is 0 Å². The molecule has 1 saturated heterocycles. The average molecular weight is 337 g/mol. The summed E-state index contributed by atoms with van der Waals surface area (Å²) in [5, 5.41) is 2.83. The van der Waals surface area contributed by atoms with Crippen LogP contribution in [0.4, 0.5) is 0 Å². The molecule has 0 saturated carbocycles. The molecule has 0 aliphatic carbocycles. The molecule has 1 aliphatic heterocycles. The Bertz CT molecular complexity index is 588. The Kier molecular flexibility index (Phi) is 6.43. The molecule has 132 valence electrons. The van der Waals surface area contributed by atoms with Gasteiger partial charge in [0.25, 0.3) is 0 Å². The van der Waals surface area contributed by atoms with Crippen LogP contribution in [0.1, 0.15) is 18.4 Å². The van der Waals surface area contributed by atoms with Gasteiger partial charge in [0, 0.05) is 6.54 Å². The molecule has 1 aromatic carbocycles. The van der Waals surface area contributed by atoms with Crippen molar-refractivity contribution in [3.63, 3.8) is 0 Å². The Morgan fingerprint density at radius 3 is 2.50 bits per heavy atom. The zero-order valence-electron chi connectivity index (χ0n) is 14.2. The molecule has 24 heavy (non-hydrogen) atoms. The van der Waals surface area contributed by atoms with Crippen molar-refractivity contribution in [1.29, 1.82) is 0 Å². The third-order valence-corrected chi connectivity index (χ3v) is 3.94. The maximum Gasteiger partial charge on any atom is 0.335 e. The summed E-state index contributed by atoms with van der Waals surface area (Å²) in [6.07, 6.45) is 0.429. The molecular weight excluding hydrogens is 314 g/mol. The largest absolute Gasteiger partial charge is 0.493 e. The molecule has 1 fully saturated rings. The van der Waals surface area contributed by atoms with Gasteiger partial charge in [-0.05, 0) is 37.0 Å². The second-order valence-corrected chi connectivity index (χ2v) is 5.44. The maximum atomic E-state index is 12.1. The van der Waals surface area contributed by atoms with Crippen molar-refractivity contribution in [2.75, 3.05) is 27.9 Å². The van der Waals surface area contributed by atoms with Crippen LogP contribution < -0.4 is 14.8 Å². The molecule has 7 nitrogen and oxygen atoms in total. The number of carbonyl (C=O) groups is 2. The van der Waals surface area contributed by atoms with E-state index in [4.69, 9.17) is 14.2 Å². The lowest BCUT2D eigenvalue weighted by Gasteiger charge is -2.13. The van der Waals surface area contributed by atoms with Crippen molar-refractivity contribution in [3.8, 4) is 11.5 Å². The smallest absolute Gasteiger partial charge is 0.335 e. The normalized spacial score (nSPS) is 19.6. The first-order valence-electron chi connectivity index (χ1n) is 7.81. The molecule has 1 amide bonds. The van der Waals surface area contributed by atoms with Crippen molar-refractivity contribution in [1.82, 2.24) is 5.32 Å². The number of esters is 1. The van der Waals surface area contributed by atoms with Gasteiger partial charge in [-0.25, -0.2) is 4.79 Å². The minimum atomic E-state index is -0.642. The van der Waals surface area contributed by atoms with Crippen molar-refractivity contribution in [2.45, 2.75) is 31.5 Å². The molecule has 7 heteroatoms. The number of carbonyl (C=O) groups excluding carboxylic acids is 2.